The second-order valence-corrected chi connectivity index (χ2v) is 6.51. The van der Waals surface area contributed by atoms with Crippen LogP contribution >= 0.6 is 0 Å². The summed E-state index contributed by atoms with van der Waals surface area (Å²) in [6.07, 6.45) is -3.21. The van der Waals surface area contributed by atoms with Crippen LogP contribution in [0.3, 0.4) is 0 Å². The van der Waals surface area contributed by atoms with Crippen molar-refractivity contribution in [3.05, 3.63) is 0 Å². The molecule has 10 N–H and O–H groups in total. The number of amides is 3. The van der Waals surface area contributed by atoms with Gasteiger partial charge in [0, 0.05) is 6.42 Å². The first kappa shape index (κ1) is 27.7. The molecule has 15 nitrogen and oxygen atoms in total. The Morgan fingerprint density at radius 2 is 1.39 bits per heavy atom. The molecule has 0 saturated carbocycles. The highest BCUT2D eigenvalue weighted by Crippen LogP contribution is 2.02. The Balaban J connectivity index is 5.33. The van der Waals surface area contributed by atoms with Crippen molar-refractivity contribution < 1.29 is 54.3 Å². The largest absolute Gasteiger partial charge is 0.481 e. The summed E-state index contributed by atoms with van der Waals surface area (Å²) >= 11 is 0. The summed E-state index contributed by atoms with van der Waals surface area (Å²) in [4.78, 5) is 69.1. The Morgan fingerprint density at radius 1 is 0.839 bits per heavy atom. The summed E-state index contributed by atoms with van der Waals surface area (Å²) in [6.45, 7) is 0.0984. The van der Waals surface area contributed by atoms with E-state index in [0.717, 1.165) is 6.92 Å². The quantitative estimate of drug-likeness (QED) is 0.121. The molecule has 3 amide bonds. The van der Waals surface area contributed by atoms with Gasteiger partial charge in [-0.2, -0.15) is 0 Å². The maximum absolute atomic E-state index is 12.4. The van der Waals surface area contributed by atoms with E-state index in [0.29, 0.717) is 0 Å². The van der Waals surface area contributed by atoms with Crippen molar-refractivity contribution in [1.82, 2.24) is 16.0 Å². The minimum Gasteiger partial charge on any atom is -0.481 e. The van der Waals surface area contributed by atoms with Gasteiger partial charge in [0.05, 0.1) is 25.2 Å². The van der Waals surface area contributed by atoms with E-state index in [1.807, 2.05) is 10.6 Å². The summed E-state index contributed by atoms with van der Waals surface area (Å²) in [5.74, 6) is -7.77. The van der Waals surface area contributed by atoms with E-state index in [1.54, 1.807) is 0 Å². The van der Waals surface area contributed by atoms with Crippen molar-refractivity contribution >= 4 is 35.6 Å². The molecule has 0 aromatic heterocycles. The zero-order valence-corrected chi connectivity index (χ0v) is 16.5. The second-order valence-electron chi connectivity index (χ2n) is 6.51. The van der Waals surface area contributed by atoms with Crippen LogP contribution in [0, 0.1) is 0 Å². The molecular weight excluding hydrogens is 424 g/mol. The normalized spacial score (nSPS) is 15.5. The first-order chi connectivity index (χ1) is 14.3. The lowest BCUT2D eigenvalue weighted by molar-refractivity contribution is -0.144. The van der Waals surface area contributed by atoms with Gasteiger partial charge in [0.25, 0.3) is 0 Å². The first-order valence-corrected chi connectivity index (χ1v) is 8.92. The molecule has 0 bridgehead atoms. The third-order valence-electron chi connectivity index (χ3n) is 3.88. The van der Waals surface area contributed by atoms with Crippen LogP contribution in [0.1, 0.15) is 26.2 Å². The number of carbonyl (C=O) groups excluding carboxylic acids is 3. The molecule has 5 unspecified atom stereocenters. The number of nitrogens with one attached hydrogen (secondary N) is 3. The van der Waals surface area contributed by atoms with Crippen LogP contribution in [0.15, 0.2) is 0 Å². The van der Waals surface area contributed by atoms with Gasteiger partial charge >= 0.3 is 17.9 Å². The molecule has 0 aromatic carbocycles. The van der Waals surface area contributed by atoms with Crippen LogP contribution in [-0.4, -0.2) is 98.0 Å². The molecule has 0 aliphatic heterocycles. The average molecular weight is 450 g/mol. The molecule has 0 rings (SSSR count). The standard InChI is InChI=1S/C16H26N4O11/c1-6(22)12(20-13(27)7(17)2-3-10(23)24)15(29)18-8(4-11(25)26)14(28)19-9(5-21)16(30)31/h6-9,12,21-22H,2-5,17H2,1H3,(H,18,29)(H,19,28)(H,20,27)(H,23,24)(H,25,26)(H,30,31). The lowest BCUT2D eigenvalue weighted by atomic mass is 10.1. The number of hydrogen-bond donors (Lipinski definition) is 9. The molecule has 31 heavy (non-hydrogen) atoms. The van der Waals surface area contributed by atoms with Crippen LogP contribution < -0.4 is 21.7 Å². The molecule has 0 saturated heterocycles. The number of rotatable bonds is 14. The third-order valence-corrected chi connectivity index (χ3v) is 3.88. The van der Waals surface area contributed by atoms with E-state index < -0.39 is 85.3 Å². The van der Waals surface area contributed by atoms with Gasteiger partial charge in [0.15, 0.2) is 0 Å². The number of aliphatic carboxylic acids is 3. The second kappa shape index (κ2) is 13.1. The topological polar surface area (TPSA) is 266 Å². The summed E-state index contributed by atoms with van der Waals surface area (Å²) in [5.41, 5.74) is 5.52. The van der Waals surface area contributed by atoms with Gasteiger partial charge in [-0.3, -0.25) is 24.0 Å². The van der Waals surface area contributed by atoms with E-state index in [2.05, 4.69) is 5.32 Å². The summed E-state index contributed by atoms with van der Waals surface area (Å²) in [5, 5.41) is 51.0. The minimum absolute atomic E-state index is 0.267. The highest BCUT2D eigenvalue weighted by Gasteiger charge is 2.33. The minimum atomic E-state index is -1.81. The van der Waals surface area contributed by atoms with Crippen molar-refractivity contribution in [2.75, 3.05) is 6.61 Å². The summed E-state index contributed by atoms with van der Waals surface area (Å²) < 4.78 is 0. The van der Waals surface area contributed by atoms with E-state index in [1.165, 1.54) is 0 Å². The molecule has 5 atom stereocenters. The molecule has 15 heteroatoms. The number of carbonyl (C=O) groups is 6. The third kappa shape index (κ3) is 10.3. The van der Waals surface area contributed by atoms with Gasteiger partial charge in [-0.15, -0.1) is 0 Å². The highest BCUT2D eigenvalue weighted by atomic mass is 16.4. The van der Waals surface area contributed by atoms with Crippen molar-refractivity contribution in [3.63, 3.8) is 0 Å². The highest BCUT2D eigenvalue weighted by molar-refractivity contribution is 5.95. The van der Waals surface area contributed by atoms with Crippen molar-refractivity contribution in [1.29, 1.82) is 0 Å². The van der Waals surface area contributed by atoms with Gasteiger partial charge in [-0.1, -0.05) is 0 Å². The van der Waals surface area contributed by atoms with E-state index in [-0.39, 0.29) is 6.42 Å². The predicted molar refractivity (Wildman–Crippen MR) is 99.3 cm³/mol. The fourth-order valence-electron chi connectivity index (χ4n) is 2.18. The van der Waals surface area contributed by atoms with Crippen LogP contribution in [-0.2, 0) is 28.8 Å². The maximum atomic E-state index is 12.4. The Morgan fingerprint density at radius 3 is 1.81 bits per heavy atom. The number of hydrogen-bond acceptors (Lipinski definition) is 9. The summed E-state index contributed by atoms with van der Waals surface area (Å²) in [7, 11) is 0. The zero-order valence-electron chi connectivity index (χ0n) is 16.5. The number of aliphatic hydroxyl groups is 2. The number of carboxylic acids is 3. The van der Waals surface area contributed by atoms with Crippen molar-refractivity contribution in [3.8, 4) is 0 Å². The number of aliphatic hydroxyl groups excluding tert-OH is 2. The first-order valence-electron chi connectivity index (χ1n) is 8.92. The van der Waals surface area contributed by atoms with Crippen molar-refractivity contribution in [2.24, 2.45) is 5.73 Å². The molecule has 0 radical (unpaired) electrons. The predicted octanol–water partition coefficient (Wildman–Crippen LogP) is -4.43. The Labute approximate surface area is 175 Å². The van der Waals surface area contributed by atoms with Crippen LogP contribution in [0.25, 0.3) is 0 Å². The Hall–Kier alpha value is -3.30. The molecule has 176 valence electrons. The van der Waals surface area contributed by atoms with Crippen LogP contribution in [0.5, 0.6) is 0 Å². The summed E-state index contributed by atoms with van der Waals surface area (Å²) in [6, 6.07) is -6.60. The van der Waals surface area contributed by atoms with E-state index in [9.17, 15) is 33.9 Å². The molecular formula is C16H26N4O11. The smallest absolute Gasteiger partial charge is 0.328 e. The maximum Gasteiger partial charge on any atom is 0.328 e. The Kier molecular flexibility index (Phi) is 11.7. The van der Waals surface area contributed by atoms with E-state index >= 15 is 0 Å². The lowest BCUT2D eigenvalue weighted by Gasteiger charge is -2.25. The fourth-order valence-corrected chi connectivity index (χ4v) is 2.18. The monoisotopic (exact) mass is 450 g/mol. The average Bonchev–Trinajstić information content (AvgIpc) is 2.66. The fraction of sp³-hybridized carbons (Fsp3) is 0.625. The molecule has 0 fully saturated rings. The molecule has 0 aliphatic carbocycles. The van der Waals surface area contributed by atoms with Crippen LogP contribution in [0.4, 0.5) is 0 Å². The molecule has 0 heterocycles. The Bertz CT molecular complexity index is 697. The zero-order chi connectivity index (χ0) is 24.3. The van der Waals surface area contributed by atoms with Gasteiger partial charge in [0.2, 0.25) is 17.7 Å². The SMILES string of the molecule is CC(O)C(NC(=O)C(N)CCC(=O)O)C(=O)NC(CC(=O)O)C(=O)NC(CO)C(=O)O. The van der Waals surface area contributed by atoms with Crippen molar-refractivity contribution in [2.45, 2.75) is 56.5 Å². The lowest BCUT2D eigenvalue weighted by Crippen LogP contribution is -2.60. The van der Waals surface area contributed by atoms with E-state index in [4.69, 9.17) is 26.2 Å². The van der Waals surface area contributed by atoms with Gasteiger partial charge in [-0.25, -0.2) is 4.79 Å². The van der Waals surface area contributed by atoms with Gasteiger partial charge in [-0.05, 0) is 13.3 Å². The van der Waals surface area contributed by atoms with Gasteiger partial charge < -0.3 is 47.2 Å². The number of nitrogens with two attached hydrogens (primary N) is 1. The van der Waals surface area contributed by atoms with Crippen LogP contribution in [0.2, 0.25) is 0 Å². The number of carboxylic acid groups (broad SMARTS) is 3. The molecule has 0 aromatic rings. The molecule has 0 aliphatic rings. The molecule has 0 spiro atoms. The van der Waals surface area contributed by atoms with Gasteiger partial charge in [0.1, 0.15) is 18.1 Å².